The number of aromatic nitrogens is 2. The van der Waals surface area contributed by atoms with Gasteiger partial charge < -0.3 is 4.74 Å². The monoisotopic (exact) mass is 462 g/mol. The van der Waals surface area contributed by atoms with Crippen molar-refractivity contribution < 1.29 is 4.74 Å². The molecule has 0 fully saturated rings. The zero-order valence-electron chi connectivity index (χ0n) is 20.1. The highest BCUT2D eigenvalue weighted by Crippen LogP contribution is 2.28. The van der Waals surface area contributed by atoms with E-state index in [4.69, 9.17) is 4.74 Å². The highest BCUT2D eigenvalue weighted by atomic mass is 32.1. The first kappa shape index (κ1) is 23.1. The predicted molar refractivity (Wildman–Crippen MR) is 137 cm³/mol. The van der Waals surface area contributed by atoms with Gasteiger partial charge in [-0.25, -0.2) is 9.36 Å². The van der Waals surface area contributed by atoms with Crippen molar-refractivity contribution in [2.24, 2.45) is 0 Å². The number of aryl methyl sites for hydroxylation is 2. The van der Waals surface area contributed by atoms with Crippen LogP contribution in [0.1, 0.15) is 49.3 Å². The van der Waals surface area contributed by atoms with E-state index in [-0.39, 0.29) is 16.7 Å². The Labute approximate surface area is 197 Å². The topological polar surface area (TPSA) is 53.2 Å². The Kier molecular flexibility index (Phi) is 6.06. The summed E-state index contributed by atoms with van der Waals surface area (Å²) in [6, 6.07) is 15.5. The van der Waals surface area contributed by atoms with E-state index in [0.29, 0.717) is 30.0 Å². The van der Waals surface area contributed by atoms with Crippen LogP contribution in [0.2, 0.25) is 0 Å². The lowest BCUT2D eigenvalue weighted by molar-refractivity contribution is 0.340. The maximum Gasteiger partial charge on any atom is 0.337 e. The number of nitrogens with zero attached hydrogens (tertiary/aromatic N) is 2. The van der Waals surface area contributed by atoms with Gasteiger partial charge in [0.15, 0.2) is 0 Å². The van der Waals surface area contributed by atoms with E-state index in [1.54, 1.807) is 28.8 Å². The van der Waals surface area contributed by atoms with Gasteiger partial charge in [-0.05, 0) is 67.1 Å². The Morgan fingerprint density at radius 1 is 0.939 bits per heavy atom. The Morgan fingerprint density at radius 3 is 2.15 bits per heavy atom. The van der Waals surface area contributed by atoms with Crippen LogP contribution in [0.25, 0.3) is 15.9 Å². The molecule has 4 rings (SSSR count). The van der Waals surface area contributed by atoms with Crippen molar-refractivity contribution in [2.45, 2.75) is 53.5 Å². The average Bonchev–Trinajstić information content (AvgIpc) is 3.07. The second-order valence-corrected chi connectivity index (χ2v) is 10.5. The third kappa shape index (κ3) is 4.27. The molecule has 0 spiro atoms. The van der Waals surface area contributed by atoms with Crippen LogP contribution in [0.15, 0.2) is 58.1 Å². The molecule has 0 amide bonds. The van der Waals surface area contributed by atoms with Gasteiger partial charge in [0.25, 0.3) is 5.56 Å². The summed E-state index contributed by atoms with van der Waals surface area (Å²) in [7, 11) is 0. The van der Waals surface area contributed by atoms with E-state index in [1.165, 1.54) is 21.5 Å². The molecule has 172 valence electrons. The lowest BCUT2D eigenvalue weighted by Crippen LogP contribution is -2.38. The summed E-state index contributed by atoms with van der Waals surface area (Å²) in [4.78, 5) is 28.9. The maximum absolute atomic E-state index is 13.7. The molecule has 0 atom stereocenters. The van der Waals surface area contributed by atoms with Gasteiger partial charge in [0.05, 0.1) is 24.2 Å². The Bertz CT molecular complexity index is 1420. The van der Waals surface area contributed by atoms with Crippen LogP contribution < -0.4 is 16.0 Å². The lowest BCUT2D eigenvalue weighted by atomic mass is 9.87. The predicted octanol–water partition coefficient (Wildman–Crippen LogP) is 5.58. The van der Waals surface area contributed by atoms with E-state index in [1.807, 2.05) is 20.8 Å². The van der Waals surface area contributed by atoms with E-state index < -0.39 is 0 Å². The zero-order chi connectivity index (χ0) is 23.9. The van der Waals surface area contributed by atoms with Crippen molar-refractivity contribution in [2.75, 3.05) is 6.61 Å². The van der Waals surface area contributed by atoms with Gasteiger partial charge in [-0.2, -0.15) is 0 Å². The molecule has 0 aliphatic heterocycles. The van der Waals surface area contributed by atoms with Crippen LogP contribution >= 0.6 is 11.3 Å². The first-order valence-electron chi connectivity index (χ1n) is 11.2. The van der Waals surface area contributed by atoms with Crippen molar-refractivity contribution in [3.8, 4) is 11.4 Å². The largest absolute Gasteiger partial charge is 0.494 e. The van der Waals surface area contributed by atoms with Gasteiger partial charge in [0.2, 0.25) is 0 Å². The molecule has 0 saturated heterocycles. The first-order valence-corrected chi connectivity index (χ1v) is 12.0. The molecule has 5 nitrogen and oxygen atoms in total. The summed E-state index contributed by atoms with van der Waals surface area (Å²) in [6.07, 6.45) is 0. The summed E-state index contributed by atoms with van der Waals surface area (Å²) in [5.41, 5.74) is 3.17. The van der Waals surface area contributed by atoms with Crippen molar-refractivity contribution in [3.05, 3.63) is 90.9 Å². The van der Waals surface area contributed by atoms with Gasteiger partial charge in [-0.15, -0.1) is 11.3 Å². The van der Waals surface area contributed by atoms with E-state index in [0.717, 1.165) is 20.8 Å². The molecular weight excluding hydrogens is 432 g/mol. The molecule has 0 N–H and O–H groups in total. The number of ether oxygens (including phenoxy) is 1. The van der Waals surface area contributed by atoms with Crippen LogP contribution in [0.4, 0.5) is 0 Å². The quantitative estimate of drug-likeness (QED) is 0.389. The maximum atomic E-state index is 13.7. The molecule has 0 radical (unpaired) electrons. The standard InChI is InChI=1S/C27H30N2O3S/c1-7-32-22-14-12-21(13-15-22)29-24(30)23-17(2)18(3)33-25(23)28(26(29)31)16-19-8-10-20(11-9-19)27(4,5)6/h8-15H,7,16H2,1-6H3. The minimum atomic E-state index is -0.335. The number of fused-ring (bicyclic) bond motifs is 1. The first-order chi connectivity index (χ1) is 15.6. The fraction of sp³-hybridized carbons (Fsp3) is 0.333. The number of hydrogen-bond donors (Lipinski definition) is 0. The second kappa shape index (κ2) is 8.67. The van der Waals surface area contributed by atoms with E-state index in [2.05, 4.69) is 45.0 Å². The van der Waals surface area contributed by atoms with Crippen molar-refractivity contribution in [3.63, 3.8) is 0 Å². The van der Waals surface area contributed by atoms with Crippen LogP contribution in [0.3, 0.4) is 0 Å². The number of benzene rings is 2. The molecule has 2 heterocycles. The van der Waals surface area contributed by atoms with Gasteiger partial charge in [-0.3, -0.25) is 9.36 Å². The smallest absolute Gasteiger partial charge is 0.337 e. The van der Waals surface area contributed by atoms with Crippen LogP contribution in [-0.2, 0) is 12.0 Å². The molecule has 0 aliphatic rings. The fourth-order valence-electron chi connectivity index (χ4n) is 3.98. The zero-order valence-corrected chi connectivity index (χ0v) is 20.9. The Balaban J connectivity index is 1.90. The van der Waals surface area contributed by atoms with Crippen LogP contribution in [-0.4, -0.2) is 15.7 Å². The lowest BCUT2D eigenvalue weighted by Gasteiger charge is -2.19. The second-order valence-electron chi connectivity index (χ2n) is 9.35. The molecule has 33 heavy (non-hydrogen) atoms. The molecule has 2 aromatic carbocycles. The third-order valence-electron chi connectivity index (χ3n) is 6.02. The molecule has 2 aromatic heterocycles. The Morgan fingerprint density at radius 2 is 1.58 bits per heavy atom. The molecular formula is C27H30N2O3S. The SMILES string of the molecule is CCOc1ccc(-n2c(=O)c3c(C)c(C)sc3n(Cc3ccc(C(C)(C)C)cc3)c2=O)cc1. The summed E-state index contributed by atoms with van der Waals surface area (Å²) < 4.78 is 8.52. The van der Waals surface area contributed by atoms with Gasteiger partial charge in [0, 0.05) is 4.88 Å². The normalized spacial score (nSPS) is 11.8. The number of rotatable bonds is 5. The van der Waals surface area contributed by atoms with E-state index >= 15 is 0 Å². The van der Waals surface area contributed by atoms with E-state index in [9.17, 15) is 9.59 Å². The van der Waals surface area contributed by atoms with Gasteiger partial charge in [-0.1, -0.05) is 45.0 Å². The van der Waals surface area contributed by atoms with Crippen molar-refractivity contribution >= 4 is 21.6 Å². The summed E-state index contributed by atoms with van der Waals surface area (Å²) in [6.45, 7) is 13.4. The minimum absolute atomic E-state index is 0.0610. The van der Waals surface area contributed by atoms with Crippen molar-refractivity contribution in [1.29, 1.82) is 0 Å². The number of hydrogen-bond acceptors (Lipinski definition) is 4. The van der Waals surface area contributed by atoms with Crippen molar-refractivity contribution in [1.82, 2.24) is 9.13 Å². The van der Waals surface area contributed by atoms with Crippen LogP contribution in [0, 0.1) is 13.8 Å². The number of thiophene rings is 1. The molecule has 0 aliphatic carbocycles. The third-order valence-corrected chi connectivity index (χ3v) is 7.25. The summed E-state index contributed by atoms with van der Waals surface area (Å²) in [5.74, 6) is 0.706. The fourth-order valence-corrected chi connectivity index (χ4v) is 5.12. The average molecular weight is 463 g/mol. The molecule has 6 heteroatoms. The van der Waals surface area contributed by atoms with Crippen LogP contribution in [0.5, 0.6) is 5.75 Å². The molecule has 0 bridgehead atoms. The van der Waals surface area contributed by atoms with Gasteiger partial charge in [0.1, 0.15) is 10.6 Å². The molecule has 0 saturated carbocycles. The Hall–Kier alpha value is -3.12. The van der Waals surface area contributed by atoms with Gasteiger partial charge >= 0.3 is 5.69 Å². The minimum Gasteiger partial charge on any atom is -0.494 e. The molecule has 4 aromatic rings. The summed E-state index contributed by atoms with van der Waals surface area (Å²) in [5, 5.41) is 0.609. The highest BCUT2D eigenvalue weighted by molar-refractivity contribution is 7.18. The molecule has 0 unspecified atom stereocenters. The summed E-state index contributed by atoms with van der Waals surface area (Å²) >= 11 is 1.50. The highest BCUT2D eigenvalue weighted by Gasteiger charge is 2.20.